The van der Waals surface area contributed by atoms with Crippen LogP contribution in [0.3, 0.4) is 0 Å². The van der Waals surface area contributed by atoms with Crippen LogP contribution in [0.25, 0.3) is 10.9 Å². The summed E-state index contributed by atoms with van der Waals surface area (Å²) in [6.07, 6.45) is 4.15. The molecule has 1 fully saturated rings. The lowest BCUT2D eigenvalue weighted by molar-refractivity contribution is -0.118. The number of methoxy groups -OCH3 is 1. The van der Waals surface area contributed by atoms with Gasteiger partial charge in [0.25, 0.3) is 0 Å². The molecule has 2 aliphatic rings. The van der Waals surface area contributed by atoms with Crippen LogP contribution in [0.4, 0.5) is 15.9 Å². The van der Waals surface area contributed by atoms with Crippen molar-refractivity contribution in [2.45, 2.75) is 6.42 Å². The third-order valence-electron chi connectivity index (χ3n) is 6.64. The van der Waals surface area contributed by atoms with E-state index in [1.54, 1.807) is 35.5 Å². The van der Waals surface area contributed by atoms with Gasteiger partial charge in [0.05, 0.1) is 37.2 Å². The number of aromatic nitrogens is 2. The minimum absolute atomic E-state index is 0.0601. The summed E-state index contributed by atoms with van der Waals surface area (Å²) in [5.41, 5.74) is 7.49. The minimum Gasteiger partial charge on any atom is -0.493 e. The molecule has 0 bridgehead atoms. The number of anilines is 2. The predicted octanol–water partition coefficient (Wildman–Crippen LogP) is 1.93. The van der Waals surface area contributed by atoms with Crippen LogP contribution in [0.5, 0.6) is 11.5 Å². The Balaban J connectivity index is 1.31. The molecule has 2 aromatic carbocycles. The van der Waals surface area contributed by atoms with Crippen molar-refractivity contribution in [3.63, 3.8) is 0 Å². The summed E-state index contributed by atoms with van der Waals surface area (Å²) >= 11 is 0. The fourth-order valence-corrected chi connectivity index (χ4v) is 4.77. The molecule has 3 aromatic rings. The third-order valence-corrected chi connectivity index (χ3v) is 6.64. The van der Waals surface area contributed by atoms with Gasteiger partial charge in [0.2, 0.25) is 5.91 Å². The third kappa shape index (κ3) is 6.47. The Bertz CT molecular complexity index is 1350. The normalized spacial score (nSPS) is 15.9. The zero-order valence-electron chi connectivity index (χ0n) is 21.9. The molecule has 3 heterocycles. The molecule has 12 heteroatoms. The Labute approximate surface area is 226 Å². The quantitative estimate of drug-likeness (QED) is 0.314. The van der Waals surface area contributed by atoms with Crippen LogP contribution >= 0.6 is 0 Å². The van der Waals surface area contributed by atoms with Gasteiger partial charge in [-0.25, -0.2) is 14.4 Å². The summed E-state index contributed by atoms with van der Waals surface area (Å²) in [6, 6.07) is 9.87. The average molecular weight is 537 g/mol. The van der Waals surface area contributed by atoms with Crippen LogP contribution in [0.2, 0.25) is 0 Å². The molecule has 1 amide bonds. The summed E-state index contributed by atoms with van der Waals surface area (Å²) in [7, 11) is 1.60. The summed E-state index contributed by atoms with van der Waals surface area (Å²) < 4.78 is 25.6. The first-order valence-electron chi connectivity index (χ1n) is 12.9. The second kappa shape index (κ2) is 12.1. The fourth-order valence-electron chi connectivity index (χ4n) is 4.77. The van der Waals surface area contributed by atoms with E-state index in [0.717, 1.165) is 50.2 Å². The number of piperazine rings is 1. The van der Waals surface area contributed by atoms with Crippen molar-refractivity contribution in [1.82, 2.24) is 25.2 Å². The number of carbonyl (C=O) groups excluding carboxylic acids is 1. The van der Waals surface area contributed by atoms with E-state index in [1.807, 2.05) is 12.1 Å². The first kappa shape index (κ1) is 26.4. The van der Waals surface area contributed by atoms with E-state index in [0.29, 0.717) is 41.7 Å². The van der Waals surface area contributed by atoms with Gasteiger partial charge in [-0.2, -0.15) is 0 Å². The number of nitrogens with zero attached hydrogens (tertiary/aromatic N) is 5. The molecule has 0 unspecified atom stereocenters. The second-order valence-electron chi connectivity index (χ2n) is 9.42. The molecular weight excluding hydrogens is 503 g/mol. The van der Waals surface area contributed by atoms with Crippen molar-refractivity contribution < 1.29 is 18.7 Å². The van der Waals surface area contributed by atoms with Crippen molar-refractivity contribution in [2.75, 3.05) is 69.9 Å². The summed E-state index contributed by atoms with van der Waals surface area (Å²) in [6.45, 7) is 6.02. The van der Waals surface area contributed by atoms with E-state index in [4.69, 9.17) is 15.2 Å². The molecular formula is C27H33FN8O3. The van der Waals surface area contributed by atoms with Gasteiger partial charge in [0, 0.05) is 50.4 Å². The zero-order valence-corrected chi connectivity index (χ0v) is 21.9. The molecule has 11 nitrogen and oxygen atoms in total. The molecule has 5 rings (SSSR count). The van der Waals surface area contributed by atoms with E-state index in [2.05, 4.69) is 25.5 Å². The van der Waals surface area contributed by atoms with Gasteiger partial charge in [-0.3, -0.25) is 14.8 Å². The first-order chi connectivity index (χ1) is 19.0. The second-order valence-corrected chi connectivity index (χ2v) is 9.42. The topological polar surface area (TPSA) is 121 Å². The van der Waals surface area contributed by atoms with Crippen molar-refractivity contribution in [3.05, 3.63) is 60.4 Å². The van der Waals surface area contributed by atoms with Crippen LogP contribution < -0.4 is 30.8 Å². The Kier molecular flexibility index (Phi) is 8.23. The Morgan fingerprint density at radius 3 is 2.79 bits per heavy atom. The summed E-state index contributed by atoms with van der Waals surface area (Å²) in [4.78, 5) is 23.0. The molecule has 1 saturated heterocycles. The van der Waals surface area contributed by atoms with E-state index in [1.165, 1.54) is 18.5 Å². The van der Waals surface area contributed by atoms with Crippen LogP contribution in [-0.2, 0) is 4.79 Å². The molecule has 2 aliphatic heterocycles. The highest BCUT2D eigenvalue weighted by molar-refractivity contribution is 5.92. The number of ether oxygens (including phenoxy) is 2. The number of fused-ring (bicyclic) bond motifs is 1. The molecule has 4 N–H and O–H groups in total. The van der Waals surface area contributed by atoms with Gasteiger partial charge in [-0.1, -0.05) is 6.07 Å². The van der Waals surface area contributed by atoms with Crippen LogP contribution in [0, 0.1) is 5.82 Å². The van der Waals surface area contributed by atoms with Gasteiger partial charge >= 0.3 is 0 Å². The van der Waals surface area contributed by atoms with Gasteiger partial charge in [-0.05, 0) is 30.7 Å². The number of hydrazine groups is 1. The lowest BCUT2D eigenvalue weighted by Gasteiger charge is -2.29. The zero-order chi connectivity index (χ0) is 27.2. The Hall–Kier alpha value is -4.16. The minimum atomic E-state index is -0.508. The highest BCUT2D eigenvalue weighted by Gasteiger charge is 2.25. The largest absolute Gasteiger partial charge is 0.493 e. The smallest absolute Gasteiger partial charge is 0.239 e. The highest BCUT2D eigenvalue weighted by Crippen LogP contribution is 2.35. The van der Waals surface area contributed by atoms with Crippen molar-refractivity contribution in [2.24, 2.45) is 5.73 Å². The predicted molar refractivity (Wildman–Crippen MR) is 147 cm³/mol. The number of halogens is 1. The van der Waals surface area contributed by atoms with E-state index >= 15 is 0 Å². The highest BCUT2D eigenvalue weighted by atomic mass is 19.1. The average Bonchev–Trinajstić information content (AvgIpc) is 3.32. The number of nitrogens with one attached hydrogen (secondary N) is 2. The van der Waals surface area contributed by atoms with Crippen molar-refractivity contribution in [1.29, 1.82) is 0 Å². The van der Waals surface area contributed by atoms with E-state index in [9.17, 15) is 9.18 Å². The molecule has 39 heavy (non-hydrogen) atoms. The molecule has 0 aliphatic carbocycles. The van der Waals surface area contributed by atoms with Gasteiger partial charge < -0.3 is 30.7 Å². The molecule has 0 radical (unpaired) electrons. The van der Waals surface area contributed by atoms with Gasteiger partial charge in [0.15, 0.2) is 11.5 Å². The fraction of sp³-hybridized carbons (Fsp3) is 0.370. The molecule has 0 atom stereocenters. The van der Waals surface area contributed by atoms with Crippen LogP contribution in [-0.4, -0.2) is 85.3 Å². The summed E-state index contributed by atoms with van der Waals surface area (Å²) in [5.74, 6) is 0.893. The Morgan fingerprint density at radius 1 is 1.18 bits per heavy atom. The van der Waals surface area contributed by atoms with Gasteiger partial charge in [-0.15, -0.1) is 0 Å². The number of benzene rings is 2. The number of amides is 1. The molecule has 1 aromatic heterocycles. The standard InChI is InChI=1S/C27H33FN8O3/c1-38-24-13-22-23(14-25(24)39-11-3-8-34-9-6-30-7-10-34)31-18-32-27(22)33-20-15-35(17-26(29)37)36(16-20)21-5-2-4-19(28)12-21/h2,4-5,12-15,18,30H,3,6-11,16-17H2,1H3,(H2,29,37)(H,31,32,33). The maximum absolute atomic E-state index is 13.9. The molecule has 206 valence electrons. The SMILES string of the molecule is COc1cc2c(NC3=CN(CC(N)=O)N(c4cccc(F)c4)C3)ncnc2cc1OCCCN1CCNCC1. The lowest BCUT2D eigenvalue weighted by atomic mass is 10.2. The number of rotatable bonds is 11. The Morgan fingerprint density at radius 2 is 2.03 bits per heavy atom. The molecule has 0 saturated carbocycles. The maximum Gasteiger partial charge on any atom is 0.239 e. The number of hydrogen-bond acceptors (Lipinski definition) is 10. The number of primary amides is 1. The number of hydrogen-bond donors (Lipinski definition) is 3. The van der Waals surface area contributed by atoms with Crippen molar-refractivity contribution >= 4 is 28.3 Å². The molecule has 0 spiro atoms. The first-order valence-corrected chi connectivity index (χ1v) is 12.9. The van der Waals surface area contributed by atoms with E-state index in [-0.39, 0.29) is 12.4 Å². The maximum atomic E-state index is 13.9. The lowest BCUT2D eigenvalue weighted by Crippen LogP contribution is -2.43. The van der Waals surface area contributed by atoms with Crippen LogP contribution in [0.1, 0.15) is 6.42 Å². The van der Waals surface area contributed by atoms with Crippen LogP contribution in [0.15, 0.2) is 54.6 Å². The number of carbonyl (C=O) groups is 1. The number of nitrogens with two attached hydrogens (primary N) is 1. The van der Waals surface area contributed by atoms with E-state index < -0.39 is 5.91 Å². The van der Waals surface area contributed by atoms with Crippen molar-refractivity contribution in [3.8, 4) is 11.5 Å². The van der Waals surface area contributed by atoms with Gasteiger partial charge in [0.1, 0.15) is 24.5 Å². The monoisotopic (exact) mass is 536 g/mol. The summed E-state index contributed by atoms with van der Waals surface area (Å²) in [5, 5.41) is 10.9.